The van der Waals surface area contributed by atoms with Gasteiger partial charge in [-0.3, -0.25) is 14.6 Å². The molecule has 0 aliphatic rings. The first kappa shape index (κ1) is 17.6. The van der Waals surface area contributed by atoms with Crippen molar-refractivity contribution in [2.45, 2.75) is 6.92 Å². The van der Waals surface area contributed by atoms with E-state index >= 15 is 0 Å². The molecule has 0 unspecified atom stereocenters. The molecule has 2 N–H and O–H groups in total. The van der Waals surface area contributed by atoms with Gasteiger partial charge >= 0.3 is 0 Å². The number of rotatable bonds is 7. The molecular weight excluding hydrogens is 304 g/mol. The average molecular weight is 326 g/mol. The maximum absolute atomic E-state index is 12.3. The van der Waals surface area contributed by atoms with E-state index in [2.05, 4.69) is 20.5 Å². The Labute approximate surface area is 141 Å². The fourth-order valence-electron chi connectivity index (χ4n) is 2.10. The quantitative estimate of drug-likeness (QED) is 0.765. The van der Waals surface area contributed by atoms with Gasteiger partial charge in [-0.25, -0.2) is 0 Å². The van der Waals surface area contributed by atoms with Gasteiger partial charge in [0.1, 0.15) is 5.69 Å². The Balaban J connectivity index is 2.04. The van der Waals surface area contributed by atoms with E-state index in [0.717, 1.165) is 18.8 Å². The third kappa shape index (κ3) is 5.17. The molecule has 0 aliphatic carbocycles. The lowest BCUT2D eigenvalue weighted by molar-refractivity contribution is 0.100. The molecule has 0 saturated heterocycles. The van der Waals surface area contributed by atoms with Crippen LogP contribution in [0.15, 0.2) is 42.6 Å². The van der Waals surface area contributed by atoms with Crippen LogP contribution in [-0.4, -0.2) is 48.8 Å². The van der Waals surface area contributed by atoms with E-state index in [1.165, 1.54) is 6.92 Å². The van der Waals surface area contributed by atoms with Gasteiger partial charge in [-0.05, 0) is 45.3 Å². The van der Waals surface area contributed by atoms with E-state index < -0.39 is 0 Å². The molecule has 1 amide bonds. The van der Waals surface area contributed by atoms with Crippen LogP contribution in [0, 0.1) is 0 Å². The molecule has 0 fully saturated rings. The van der Waals surface area contributed by atoms with Gasteiger partial charge in [-0.1, -0.05) is 12.1 Å². The average Bonchev–Trinajstić information content (AvgIpc) is 2.55. The van der Waals surface area contributed by atoms with Gasteiger partial charge in [0.2, 0.25) is 0 Å². The van der Waals surface area contributed by atoms with Gasteiger partial charge in [0.25, 0.3) is 5.91 Å². The van der Waals surface area contributed by atoms with Crippen LogP contribution in [0.4, 0.5) is 11.4 Å². The standard InChI is InChI=1S/C18H22N4O2/c1-13(23)14-5-4-6-16(11-14)21-18(24)17-12-15(7-8-20-17)19-9-10-22(2)3/h4-8,11-12H,9-10H2,1-3H3,(H,19,20)(H,21,24). The Morgan fingerprint density at radius 1 is 1.12 bits per heavy atom. The largest absolute Gasteiger partial charge is 0.384 e. The summed E-state index contributed by atoms with van der Waals surface area (Å²) >= 11 is 0. The van der Waals surface area contributed by atoms with Crippen LogP contribution in [0.25, 0.3) is 0 Å². The Morgan fingerprint density at radius 3 is 2.62 bits per heavy atom. The fraction of sp³-hybridized carbons (Fsp3) is 0.278. The lowest BCUT2D eigenvalue weighted by Gasteiger charge is -2.12. The summed E-state index contributed by atoms with van der Waals surface area (Å²) in [5.41, 5.74) is 2.29. The van der Waals surface area contributed by atoms with E-state index in [0.29, 0.717) is 16.9 Å². The van der Waals surface area contributed by atoms with Crippen molar-refractivity contribution >= 4 is 23.1 Å². The Hall–Kier alpha value is -2.73. The first-order valence-electron chi connectivity index (χ1n) is 7.72. The van der Waals surface area contributed by atoms with E-state index in [1.807, 2.05) is 20.2 Å². The Bertz CT molecular complexity index is 728. The SMILES string of the molecule is CC(=O)c1cccc(NC(=O)c2cc(NCCN(C)C)ccn2)c1. The first-order valence-corrected chi connectivity index (χ1v) is 7.72. The van der Waals surface area contributed by atoms with Crippen LogP contribution >= 0.6 is 0 Å². The topological polar surface area (TPSA) is 74.3 Å². The first-order chi connectivity index (χ1) is 11.5. The van der Waals surface area contributed by atoms with E-state index in [-0.39, 0.29) is 11.7 Å². The second-order valence-electron chi connectivity index (χ2n) is 5.75. The van der Waals surface area contributed by atoms with Gasteiger partial charge in [0.15, 0.2) is 5.78 Å². The molecule has 126 valence electrons. The van der Waals surface area contributed by atoms with Crippen molar-refractivity contribution in [3.8, 4) is 0 Å². The number of benzene rings is 1. The maximum Gasteiger partial charge on any atom is 0.274 e. The van der Waals surface area contributed by atoms with Crippen LogP contribution in [0.5, 0.6) is 0 Å². The Morgan fingerprint density at radius 2 is 1.92 bits per heavy atom. The van der Waals surface area contributed by atoms with Crippen molar-refractivity contribution in [3.05, 3.63) is 53.9 Å². The number of hydrogen-bond acceptors (Lipinski definition) is 5. The van der Waals surface area contributed by atoms with Crippen LogP contribution in [0.3, 0.4) is 0 Å². The molecule has 24 heavy (non-hydrogen) atoms. The molecule has 0 spiro atoms. The molecule has 1 aromatic carbocycles. The molecule has 1 aromatic heterocycles. The van der Waals surface area contributed by atoms with Gasteiger partial charge in [0.05, 0.1) is 0 Å². The van der Waals surface area contributed by atoms with Crippen LogP contribution in [0.2, 0.25) is 0 Å². The van der Waals surface area contributed by atoms with Crippen molar-refractivity contribution in [2.75, 3.05) is 37.8 Å². The second-order valence-corrected chi connectivity index (χ2v) is 5.75. The molecule has 0 atom stereocenters. The number of anilines is 2. The van der Waals surface area contributed by atoms with E-state index in [1.54, 1.807) is 36.5 Å². The number of ketones is 1. The summed E-state index contributed by atoms with van der Waals surface area (Å²) in [6.07, 6.45) is 1.60. The highest BCUT2D eigenvalue weighted by atomic mass is 16.2. The lowest BCUT2D eigenvalue weighted by Crippen LogP contribution is -2.21. The van der Waals surface area contributed by atoms with Crippen molar-refractivity contribution in [2.24, 2.45) is 0 Å². The van der Waals surface area contributed by atoms with Crippen LogP contribution in [0.1, 0.15) is 27.8 Å². The van der Waals surface area contributed by atoms with E-state index in [9.17, 15) is 9.59 Å². The van der Waals surface area contributed by atoms with Gasteiger partial charge in [-0.2, -0.15) is 0 Å². The van der Waals surface area contributed by atoms with Gasteiger partial charge in [-0.15, -0.1) is 0 Å². The number of pyridine rings is 1. The maximum atomic E-state index is 12.3. The van der Waals surface area contributed by atoms with Crippen molar-refractivity contribution in [1.82, 2.24) is 9.88 Å². The molecule has 2 aromatic rings. The zero-order chi connectivity index (χ0) is 17.5. The number of carbonyl (C=O) groups excluding carboxylic acids is 2. The molecule has 6 heteroatoms. The number of likely N-dealkylation sites (N-methyl/N-ethyl adjacent to an activating group) is 1. The number of nitrogens with one attached hydrogen (secondary N) is 2. The number of carbonyl (C=O) groups is 2. The van der Waals surface area contributed by atoms with Crippen LogP contribution in [-0.2, 0) is 0 Å². The summed E-state index contributed by atoms with van der Waals surface area (Å²) in [6.45, 7) is 3.16. The van der Waals surface area contributed by atoms with Crippen molar-refractivity contribution in [3.63, 3.8) is 0 Å². The highest BCUT2D eigenvalue weighted by molar-refractivity contribution is 6.04. The predicted molar refractivity (Wildman–Crippen MR) is 95.7 cm³/mol. The summed E-state index contributed by atoms with van der Waals surface area (Å²) in [7, 11) is 4.00. The minimum absolute atomic E-state index is 0.0451. The highest BCUT2D eigenvalue weighted by Crippen LogP contribution is 2.14. The predicted octanol–water partition coefficient (Wildman–Crippen LogP) is 2.51. The normalized spacial score (nSPS) is 10.5. The number of aromatic nitrogens is 1. The Kier molecular flexibility index (Phi) is 6.03. The smallest absolute Gasteiger partial charge is 0.274 e. The lowest BCUT2D eigenvalue weighted by atomic mass is 10.1. The zero-order valence-corrected chi connectivity index (χ0v) is 14.2. The van der Waals surface area contributed by atoms with Gasteiger partial charge in [0, 0.05) is 36.2 Å². The molecule has 1 heterocycles. The van der Waals surface area contributed by atoms with Crippen molar-refractivity contribution in [1.29, 1.82) is 0 Å². The molecule has 6 nitrogen and oxygen atoms in total. The third-order valence-electron chi connectivity index (χ3n) is 3.41. The molecule has 0 radical (unpaired) electrons. The zero-order valence-electron chi connectivity index (χ0n) is 14.2. The van der Waals surface area contributed by atoms with Crippen molar-refractivity contribution < 1.29 is 9.59 Å². The minimum Gasteiger partial charge on any atom is -0.384 e. The summed E-state index contributed by atoms with van der Waals surface area (Å²) < 4.78 is 0. The van der Waals surface area contributed by atoms with Crippen LogP contribution < -0.4 is 10.6 Å². The number of amides is 1. The molecule has 0 bridgehead atoms. The fourth-order valence-corrected chi connectivity index (χ4v) is 2.10. The third-order valence-corrected chi connectivity index (χ3v) is 3.41. The highest BCUT2D eigenvalue weighted by Gasteiger charge is 2.09. The molecular formula is C18H22N4O2. The molecule has 0 saturated carbocycles. The number of Topliss-reactive ketones (excluding diaryl/α,β-unsaturated/α-hetero) is 1. The summed E-state index contributed by atoms with van der Waals surface area (Å²) in [5.74, 6) is -0.358. The minimum atomic E-state index is -0.313. The number of hydrogen-bond donors (Lipinski definition) is 2. The monoisotopic (exact) mass is 326 g/mol. The second kappa shape index (κ2) is 8.21. The summed E-state index contributed by atoms with van der Waals surface area (Å²) in [4.78, 5) is 29.9. The van der Waals surface area contributed by atoms with E-state index in [4.69, 9.17) is 0 Å². The van der Waals surface area contributed by atoms with Gasteiger partial charge < -0.3 is 15.5 Å². The molecule has 2 rings (SSSR count). The summed E-state index contributed by atoms with van der Waals surface area (Å²) in [6, 6.07) is 10.4. The number of nitrogens with zero attached hydrogens (tertiary/aromatic N) is 2. The summed E-state index contributed by atoms with van der Waals surface area (Å²) in [5, 5.41) is 6.02. The molecule has 0 aliphatic heterocycles.